The number of benzene rings is 1. The van der Waals surface area contributed by atoms with Crippen LogP contribution in [0.5, 0.6) is 0 Å². The smallest absolute Gasteiger partial charge is 0.408 e. The first kappa shape index (κ1) is 26.3. The summed E-state index contributed by atoms with van der Waals surface area (Å²) in [5.41, 5.74) is 5.34. The van der Waals surface area contributed by atoms with Crippen LogP contribution < -0.4 is 16.4 Å². The van der Waals surface area contributed by atoms with Crippen molar-refractivity contribution in [2.75, 3.05) is 12.0 Å². The molecule has 172 valence electrons. The van der Waals surface area contributed by atoms with E-state index in [1.807, 2.05) is 24.5 Å². The SMILES string of the molecule is CSCC[C@H](NC(=O)[C@H](CC(=O)OCc1ccccc1)NC(=O)OC(C)(C)C)C(N)=O. The molecule has 0 saturated heterocycles. The van der Waals surface area contributed by atoms with Gasteiger partial charge in [-0.3, -0.25) is 14.4 Å². The molecule has 10 heteroatoms. The summed E-state index contributed by atoms with van der Waals surface area (Å²) in [5.74, 6) is -1.53. The number of alkyl carbamates (subject to hydrolysis) is 1. The molecule has 0 radical (unpaired) electrons. The minimum Gasteiger partial charge on any atom is -0.461 e. The maximum Gasteiger partial charge on any atom is 0.408 e. The predicted octanol–water partition coefficient (Wildman–Crippen LogP) is 1.74. The molecule has 0 aliphatic rings. The van der Waals surface area contributed by atoms with E-state index in [1.54, 1.807) is 32.9 Å². The Morgan fingerprint density at radius 3 is 2.26 bits per heavy atom. The summed E-state index contributed by atoms with van der Waals surface area (Å²) in [5, 5.41) is 4.87. The lowest BCUT2D eigenvalue weighted by Gasteiger charge is -2.24. The summed E-state index contributed by atoms with van der Waals surface area (Å²) in [6.07, 6.45) is 0.865. The Bertz CT molecular complexity index is 751. The van der Waals surface area contributed by atoms with Crippen LogP contribution in [-0.2, 0) is 30.5 Å². The van der Waals surface area contributed by atoms with Gasteiger partial charge in [-0.15, -0.1) is 0 Å². The molecule has 0 saturated carbocycles. The van der Waals surface area contributed by atoms with Crippen LogP contribution in [0, 0.1) is 0 Å². The normalized spacial score (nSPS) is 12.9. The van der Waals surface area contributed by atoms with Crippen molar-refractivity contribution in [2.45, 2.75) is 57.9 Å². The van der Waals surface area contributed by atoms with Crippen molar-refractivity contribution in [2.24, 2.45) is 5.73 Å². The number of ether oxygens (including phenoxy) is 2. The van der Waals surface area contributed by atoms with Gasteiger partial charge in [-0.05, 0) is 44.8 Å². The number of hydrogen-bond acceptors (Lipinski definition) is 7. The van der Waals surface area contributed by atoms with Gasteiger partial charge in [0, 0.05) is 0 Å². The zero-order valence-corrected chi connectivity index (χ0v) is 19.1. The van der Waals surface area contributed by atoms with Gasteiger partial charge in [-0.2, -0.15) is 11.8 Å². The summed E-state index contributed by atoms with van der Waals surface area (Å²) < 4.78 is 10.4. The Morgan fingerprint density at radius 2 is 1.71 bits per heavy atom. The molecule has 0 unspecified atom stereocenters. The first-order valence-corrected chi connectivity index (χ1v) is 11.2. The third-order valence-corrected chi connectivity index (χ3v) is 4.54. The van der Waals surface area contributed by atoms with Gasteiger partial charge in [0.1, 0.15) is 24.3 Å². The van der Waals surface area contributed by atoms with Crippen molar-refractivity contribution in [1.29, 1.82) is 0 Å². The standard InChI is InChI=1S/C21H31N3O6S/c1-21(2,3)30-20(28)24-16(19(27)23-15(18(22)26)10-11-31-4)12-17(25)29-13-14-8-6-5-7-9-14/h5-9,15-16H,10-13H2,1-4H3,(H2,22,26)(H,23,27)(H,24,28)/t15-,16-/m0/s1. The minimum atomic E-state index is -1.30. The van der Waals surface area contributed by atoms with E-state index in [-0.39, 0.29) is 6.61 Å². The Morgan fingerprint density at radius 1 is 1.06 bits per heavy atom. The second kappa shape index (κ2) is 12.8. The van der Waals surface area contributed by atoms with E-state index in [2.05, 4.69) is 10.6 Å². The highest BCUT2D eigenvalue weighted by Gasteiger charge is 2.29. The first-order chi connectivity index (χ1) is 14.5. The molecule has 4 N–H and O–H groups in total. The van der Waals surface area contributed by atoms with Gasteiger partial charge >= 0.3 is 12.1 Å². The number of rotatable bonds is 11. The molecular weight excluding hydrogens is 422 g/mol. The Labute approximate surface area is 186 Å². The molecule has 0 bridgehead atoms. The highest BCUT2D eigenvalue weighted by Crippen LogP contribution is 2.09. The van der Waals surface area contributed by atoms with Crippen LogP contribution in [0.1, 0.15) is 39.2 Å². The molecule has 0 aliphatic heterocycles. The predicted molar refractivity (Wildman–Crippen MR) is 118 cm³/mol. The molecule has 0 heterocycles. The zero-order chi connectivity index (χ0) is 23.4. The van der Waals surface area contributed by atoms with Gasteiger partial charge in [-0.25, -0.2) is 4.79 Å². The third-order valence-electron chi connectivity index (χ3n) is 3.89. The number of hydrogen-bond donors (Lipinski definition) is 3. The highest BCUT2D eigenvalue weighted by atomic mass is 32.2. The zero-order valence-electron chi connectivity index (χ0n) is 18.3. The highest BCUT2D eigenvalue weighted by molar-refractivity contribution is 7.98. The molecule has 2 atom stereocenters. The fourth-order valence-electron chi connectivity index (χ4n) is 2.42. The number of nitrogens with one attached hydrogen (secondary N) is 2. The number of carbonyl (C=O) groups excluding carboxylic acids is 4. The second-order valence-corrected chi connectivity index (χ2v) is 8.78. The number of carbonyl (C=O) groups is 4. The van der Waals surface area contributed by atoms with Gasteiger partial charge in [0.05, 0.1) is 6.42 Å². The van der Waals surface area contributed by atoms with E-state index in [0.717, 1.165) is 5.56 Å². The fourth-order valence-corrected chi connectivity index (χ4v) is 2.89. The summed E-state index contributed by atoms with van der Waals surface area (Å²) >= 11 is 1.49. The lowest BCUT2D eigenvalue weighted by molar-refractivity contribution is -0.147. The number of primary amides is 1. The molecule has 1 rings (SSSR count). The van der Waals surface area contributed by atoms with Crippen LogP contribution in [-0.4, -0.2) is 53.6 Å². The van der Waals surface area contributed by atoms with Crippen LogP contribution in [0.2, 0.25) is 0 Å². The molecule has 0 aliphatic carbocycles. The Kier molecular flexibility index (Phi) is 10.9. The number of esters is 1. The molecular formula is C21H31N3O6S. The number of amides is 3. The molecule has 0 aromatic heterocycles. The number of nitrogens with two attached hydrogens (primary N) is 1. The average molecular weight is 454 g/mol. The summed E-state index contributed by atoms with van der Waals surface area (Å²) in [6, 6.07) is 6.81. The van der Waals surface area contributed by atoms with Crippen molar-refractivity contribution < 1.29 is 28.7 Å². The Hall–Kier alpha value is -2.75. The van der Waals surface area contributed by atoms with Crippen LogP contribution in [0.15, 0.2) is 30.3 Å². The van der Waals surface area contributed by atoms with E-state index in [1.165, 1.54) is 11.8 Å². The third kappa shape index (κ3) is 11.3. The molecule has 1 aromatic rings. The number of thioether (sulfide) groups is 1. The van der Waals surface area contributed by atoms with Gasteiger partial charge < -0.3 is 25.8 Å². The molecule has 0 spiro atoms. The topological polar surface area (TPSA) is 137 Å². The van der Waals surface area contributed by atoms with Crippen LogP contribution in [0.25, 0.3) is 0 Å². The van der Waals surface area contributed by atoms with Crippen LogP contribution in [0.3, 0.4) is 0 Å². The van der Waals surface area contributed by atoms with Gasteiger partial charge in [0.2, 0.25) is 11.8 Å². The van der Waals surface area contributed by atoms with Gasteiger partial charge in [-0.1, -0.05) is 30.3 Å². The summed E-state index contributed by atoms with van der Waals surface area (Å²) in [4.78, 5) is 48.8. The van der Waals surface area contributed by atoms with Crippen LogP contribution in [0.4, 0.5) is 4.79 Å². The molecule has 9 nitrogen and oxygen atoms in total. The van der Waals surface area contributed by atoms with E-state index in [0.29, 0.717) is 12.2 Å². The largest absolute Gasteiger partial charge is 0.461 e. The van der Waals surface area contributed by atoms with E-state index in [4.69, 9.17) is 15.2 Å². The fraction of sp³-hybridized carbons (Fsp3) is 0.524. The van der Waals surface area contributed by atoms with E-state index >= 15 is 0 Å². The lowest BCUT2D eigenvalue weighted by Crippen LogP contribution is -2.54. The molecule has 1 aromatic carbocycles. The maximum absolute atomic E-state index is 12.7. The van der Waals surface area contributed by atoms with Crippen LogP contribution >= 0.6 is 11.8 Å². The maximum atomic E-state index is 12.7. The van der Waals surface area contributed by atoms with Gasteiger partial charge in [0.15, 0.2) is 0 Å². The van der Waals surface area contributed by atoms with Crippen molar-refractivity contribution in [3.8, 4) is 0 Å². The minimum absolute atomic E-state index is 0.0259. The first-order valence-electron chi connectivity index (χ1n) is 9.79. The second-order valence-electron chi connectivity index (χ2n) is 7.79. The van der Waals surface area contributed by atoms with Gasteiger partial charge in [0.25, 0.3) is 0 Å². The molecule has 3 amide bonds. The summed E-state index contributed by atoms with van der Waals surface area (Å²) in [7, 11) is 0. The quantitative estimate of drug-likeness (QED) is 0.434. The average Bonchev–Trinajstić information content (AvgIpc) is 2.68. The Balaban J connectivity index is 2.83. The molecule has 0 fully saturated rings. The van der Waals surface area contributed by atoms with Crippen molar-refractivity contribution >= 4 is 35.6 Å². The van der Waals surface area contributed by atoms with Crippen molar-refractivity contribution in [3.63, 3.8) is 0 Å². The summed E-state index contributed by atoms with van der Waals surface area (Å²) in [6.45, 7) is 5.03. The molecule has 31 heavy (non-hydrogen) atoms. The van der Waals surface area contributed by atoms with E-state index in [9.17, 15) is 19.2 Å². The monoisotopic (exact) mass is 453 g/mol. The van der Waals surface area contributed by atoms with E-state index < -0.39 is 48.0 Å². The van der Waals surface area contributed by atoms with Crippen molar-refractivity contribution in [3.05, 3.63) is 35.9 Å². The lowest BCUT2D eigenvalue weighted by atomic mass is 10.1. The van der Waals surface area contributed by atoms with Crippen molar-refractivity contribution in [1.82, 2.24) is 10.6 Å².